The van der Waals surface area contributed by atoms with Crippen LogP contribution in [0.15, 0.2) is 41.2 Å². The van der Waals surface area contributed by atoms with Gasteiger partial charge in [0.25, 0.3) is 17.9 Å². The first-order valence-corrected chi connectivity index (χ1v) is 9.86. The van der Waals surface area contributed by atoms with Crippen molar-refractivity contribution in [3.05, 3.63) is 69.1 Å². The largest absolute Gasteiger partial charge is 0.483 e. The molecule has 1 aromatic carbocycles. The fourth-order valence-corrected chi connectivity index (χ4v) is 3.53. The number of ether oxygens (including phenoxy) is 1. The van der Waals surface area contributed by atoms with Crippen LogP contribution in [0.1, 0.15) is 54.1 Å². The molecular weight excluding hydrogens is 384 g/mol. The smallest absolute Gasteiger partial charge is 0.290 e. The van der Waals surface area contributed by atoms with Crippen LogP contribution < -0.4 is 5.56 Å². The van der Waals surface area contributed by atoms with E-state index in [1.165, 1.54) is 0 Å². The van der Waals surface area contributed by atoms with Gasteiger partial charge in [-0.2, -0.15) is 0 Å². The van der Waals surface area contributed by atoms with Crippen LogP contribution in [0.4, 0.5) is 0 Å². The molecule has 162 valence electrons. The number of hydrogen-bond donors (Lipinski definition) is 2. The second-order valence-corrected chi connectivity index (χ2v) is 8.55. The van der Waals surface area contributed by atoms with E-state index in [1.807, 2.05) is 50.2 Å². The summed E-state index contributed by atoms with van der Waals surface area (Å²) < 4.78 is 6.35. The van der Waals surface area contributed by atoms with Gasteiger partial charge >= 0.3 is 0 Å². The van der Waals surface area contributed by atoms with Crippen molar-refractivity contribution in [2.75, 3.05) is 13.1 Å². The van der Waals surface area contributed by atoms with Gasteiger partial charge in [-0.3, -0.25) is 14.4 Å². The van der Waals surface area contributed by atoms with Gasteiger partial charge in [0, 0.05) is 12.2 Å². The van der Waals surface area contributed by atoms with Crippen molar-refractivity contribution < 1.29 is 19.4 Å². The lowest BCUT2D eigenvalue weighted by atomic mass is 9.87. The number of amides is 1. The van der Waals surface area contributed by atoms with E-state index in [9.17, 15) is 9.59 Å². The molecule has 0 bridgehead atoms. The van der Waals surface area contributed by atoms with Gasteiger partial charge in [0.15, 0.2) is 0 Å². The number of hydrogen-bond acceptors (Lipinski definition) is 4. The highest BCUT2D eigenvalue weighted by molar-refractivity contribution is 5.95. The zero-order valence-electron chi connectivity index (χ0n) is 18.1. The van der Waals surface area contributed by atoms with Gasteiger partial charge in [-0.25, -0.2) is 0 Å². The molecule has 3 rings (SSSR count). The second-order valence-electron chi connectivity index (χ2n) is 8.55. The van der Waals surface area contributed by atoms with E-state index < -0.39 is 0 Å². The summed E-state index contributed by atoms with van der Waals surface area (Å²) in [6, 6.07) is 11.8. The maximum Gasteiger partial charge on any atom is 0.290 e. The Morgan fingerprint density at radius 1 is 1.20 bits per heavy atom. The molecule has 2 heterocycles. The minimum atomic E-state index is -0.326. The number of H-pyrrole nitrogens is 1. The molecule has 1 fully saturated rings. The minimum Gasteiger partial charge on any atom is -0.483 e. The molecule has 0 spiro atoms. The summed E-state index contributed by atoms with van der Waals surface area (Å²) in [7, 11) is 0. The highest BCUT2D eigenvalue weighted by Gasteiger charge is 2.38. The summed E-state index contributed by atoms with van der Waals surface area (Å²) >= 11 is 0. The van der Waals surface area contributed by atoms with Gasteiger partial charge in [0.2, 0.25) is 0 Å². The lowest BCUT2D eigenvalue weighted by molar-refractivity contribution is -0.122. The number of nitrogens with one attached hydrogen (secondary N) is 1. The van der Waals surface area contributed by atoms with E-state index in [4.69, 9.17) is 14.6 Å². The summed E-state index contributed by atoms with van der Waals surface area (Å²) in [5, 5.41) is 6.89. The van der Waals surface area contributed by atoms with Crippen molar-refractivity contribution in [2.45, 2.75) is 46.8 Å². The quantitative estimate of drug-likeness (QED) is 0.735. The standard InChI is InChI=1S/C22H28N2O3.CH2O2/c1-14-11-15(2)23-20(25)19(14)21(26)24-12-17(16-9-7-6-8-10-16)27-18(13-24)22(3,4)5;2-1-3/h6-11,17-18H,12-13H2,1-5H3,(H,23,25);1H,(H,2,3)/t17-,18+;/m0./s1. The van der Waals surface area contributed by atoms with Crippen LogP contribution in [-0.4, -0.2) is 46.6 Å². The molecule has 0 saturated carbocycles. The van der Waals surface area contributed by atoms with Gasteiger partial charge < -0.3 is 19.7 Å². The van der Waals surface area contributed by atoms with E-state index in [0.717, 1.165) is 11.3 Å². The molecule has 2 aromatic rings. The van der Waals surface area contributed by atoms with Gasteiger partial charge in [0.1, 0.15) is 11.7 Å². The first-order chi connectivity index (χ1) is 14.1. The molecule has 0 radical (unpaired) electrons. The molecule has 1 aromatic heterocycles. The number of morpholine rings is 1. The Morgan fingerprint density at radius 2 is 1.80 bits per heavy atom. The number of rotatable bonds is 2. The number of carbonyl (C=O) groups is 2. The highest BCUT2D eigenvalue weighted by Crippen LogP contribution is 2.34. The molecule has 7 heteroatoms. The van der Waals surface area contributed by atoms with Crippen LogP contribution in [0.3, 0.4) is 0 Å². The molecule has 0 aliphatic carbocycles. The molecule has 1 amide bonds. The molecule has 1 aliphatic heterocycles. The SMILES string of the molecule is Cc1cc(C)c(C(=O)N2C[C@@H](c3ccccc3)O[C@@H](C(C)(C)C)C2)c(=O)[nH]1.O=CO. The Bertz CT molecular complexity index is 931. The van der Waals surface area contributed by atoms with Gasteiger partial charge in [-0.1, -0.05) is 51.1 Å². The Hall–Kier alpha value is -2.93. The summed E-state index contributed by atoms with van der Waals surface area (Å²) in [6.07, 6.45) is -0.330. The predicted octanol–water partition coefficient (Wildman–Crippen LogP) is 3.32. The molecule has 1 aliphatic rings. The van der Waals surface area contributed by atoms with Crippen LogP contribution in [0.25, 0.3) is 0 Å². The third-order valence-electron chi connectivity index (χ3n) is 5.10. The van der Waals surface area contributed by atoms with Crippen molar-refractivity contribution in [3.8, 4) is 0 Å². The molecule has 2 atom stereocenters. The molecule has 30 heavy (non-hydrogen) atoms. The van der Waals surface area contributed by atoms with E-state index in [1.54, 1.807) is 4.90 Å². The third-order valence-corrected chi connectivity index (χ3v) is 5.10. The van der Waals surface area contributed by atoms with Gasteiger partial charge in [0.05, 0.1) is 12.6 Å². The number of benzene rings is 1. The van der Waals surface area contributed by atoms with Crippen molar-refractivity contribution in [1.82, 2.24) is 9.88 Å². The molecule has 0 unspecified atom stereocenters. The maximum atomic E-state index is 13.3. The Kier molecular flexibility index (Phi) is 7.56. The average molecular weight is 415 g/mol. The first-order valence-electron chi connectivity index (χ1n) is 9.86. The number of carboxylic acid groups (broad SMARTS) is 1. The lowest BCUT2D eigenvalue weighted by Crippen LogP contribution is -2.52. The van der Waals surface area contributed by atoms with Crippen molar-refractivity contribution in [2.24, 2.45) is 5.41 Å². The predicted molar refractivity (Wildman–Crippen MR) is 115 cm³/mol. The summed E-state index contributed by atoms with van der Waals surface area (Å²) in [5.41, 5.74) is 2.27. The van der Waals surface area contributed by atoms with E-state index in [-0.39, 0.29) is 41.1 Å². The topological polar surface area (TPSA) is 99.7 Å². The van der Waals surface area contributed by atoms with Crippen molar-refractivity contribution >= 4 is 12.4 Å². The van der Waals surface area contributed by atoms with Gasteiger partial charge in [-0.15, -0.1) is 0 Å². The Balaban J connectivity index is 0.00000101. The first kappa shape index (κ1) is 23.3. The van der Waals surface area contributed by atoms with Crippen molar-refractivity contribution in [1.29, 1.82) is 0 Å². The summed E-state index contributed by atoms with van der Waals surface area (Å²) in [5.74, 6) is -0.229. The van der Waals surface area contributed by atoms with Crippen molar-refractivity contribution in [3.63, 3.8) is 0 Å². The van der Waals surface area contributed by atoms with Crippen LogP contribution in [0.5, 0.6) is 0 Å². The van der Waals surface area contributed by atoms with E-state index in [2.05, 4.69) is 25.8 Å². The lowest BCUT2D eigenvalue weighted by Gasteiger charge is -2.43. The van der Waals surface area contributed by atoms with Crippen LogP contribution in [0.2, 0.25) is 0 Å². The van der Waals surface area contributed by atoms with Crippen LogP contribution >= 0.6 is 0 Å². The number of aryl methyl sites for hydroxylation is 2. The monoisotopic (exact) mass is 414 g/mol. The van der Waals surface area contributed by atoms with E-state index in [0.29, 0.717) is 18.7 Å². The Labute approximate surface area is 176 Å². The number of aromatic nitrogens is 1. The van der Waals surface area contributed by atoms with Gasteiger partial charge in [-0.05, 0) is 36.5 Å². The second kappa shape index (κ2) is 9.71. The molecular formula is C23H30N2O5. The van der Waals surface area contributed by atoms with Crippen LogP contribution in [0, 0.1) is 19.3 Å². The number of nitrogens with zero attached hydrogens (tertiary/aromatic N) is 1. The number of aromatic amines is 1. The zero-order chi connectivity index (χ0) is 22.5. The fraction of sp³-hybridized carbons (Fsp3) is 0.435. The van der Waals surface area contributed by atoms with Crippen LogP contribution in [-0.2, 0) is 9.53 Å². The average Bonchev–Trinajstić information content (AvgIpc) is 2.67. The molecule has 7 nitrogen and oxygen atoms in total. The summed E-state index contributed by atoms with van der Waals surface area (Å²) in [4.78, 5) is 38.6. The normalized spacial score (nSPS) is 18.9. The third kappa shape index (κ3) is 5.57. The molecule has 1 saturated heterocycles. The number of carbonyl (C=O) groups excluding carboxylic acids is 1. The Morgan fingerprint density at radius 3 is 2.33 bits per heavy atom. The summed E-state index contributed by atoms with van der Waals surface area (Å²) in [6.45, 7) is 10.6. The maximum absolute atomic E-state index is 13.3. The number of pyridine rings is 1. The highest BCUT2D eigenvalue weighted by atomic mass is 16.5. The molecule has 2 N–H and O–H groups in total. The fourth-order valence-electron chi connectivity index (χ4n) is 3.53. The minimum absolute atomic E-state index is 0.120. The van der Waals surface area contributed by atoms with E-state index >= 15 is 0 Å². The zero-order valence-corrected chi connectivity index (χ0v) is 18.1.